The minimum Gasteiger partial charge on any atom is -0.481 e. The molecule has 0 amide bonds. The van der Waals surface area contributed by atoms with Crippen LogP contribution in [-0.2, 0) is 14.8 Å². The number of carboxylic acid groups (broad SMARTS) is 1. The van der Waals surface area contributed by atoms with E-state index in [1.807, 2.05) is 13.8 Å². The van der Waals surface area contributed by atoms with Crippen LogP contribution >= 0.6 is 0 Å². The Bertz CT molecular complexity index is 616. The molecule has 6 heteroatoms. The van der Waals surface area contributed by atoms with E-state index in [9.17, 15) is 13.2 Å². The molecule has 1 saturated carbocycles. The van der Waals surface area contributed by atoms with Crippen molar-refractivity contribution in [1.82, 2.24) is 4.72 Å². The van der Waals surface area contributed by atoms with Crippen molar-refractivity contribution in [2.45, 2.75) is 55.9 Å². The third kappa shape index (κ3) is 3.63. The summed E-state index contributed by atoms with van der Waals surface area (Å²) in [6.07, 6.45) is 1.82. The summed E-state index contributed by atoms with van der Waals surface area (Å²) in [7, 11) is -3.68. The minimum absolute atomic E-state index is 0.170. The molecule has 1 aromatic carbocycles. The fourth-order valence-electron chi connectivity index (χ4n) is 2.58. The summed E-state index contributed by atoms with van der Waals surface area (Å²) in [5, 5.41) is 8.94. The first kappa shape index (κ1) is 16.0. The van der Waals surface area contributed by atoms with Gasteiger partial charge < -0.3 is 5.11 Å². The van der Waals surface area contributed by atoms with Crippen molar-refractivity contribution in [1.29, 1.82) is 0 Å². The Morgan fingerprint density at radius 3 is 2.24 bits per heavy atom. The van der Waals surface area contributed by atoms with E-state index in [0.29, 0.717) is 18.8 Å². The Hall–Kier alpha value is -1.40. The van der Waals surface area contributed by atoms with E-state index < -0.39 is 21.5 Å². The van der Waals surface area contributed by atoms with Gasteiger partial charge in [0, 0.05) is 5.54 Å². The summed E-state index contributed by atoms with van der Waals surface area (Å²) in [5.74, 6) is -0.646. The van der Waals surface area contributed by atoms with Gasteiger partial charge >= 0.3 is 5.97 Å². The molecule has 0 aliphatic heterocycles. The molecule has 0 heterocycles. The molecule has 1 aliphatic rings. The largest absolute Gasteiger partial charge is 0.481 e. The predicted molar refractivity (Wildman–Crippen MR) is 79.7 cm³/mol. The molecule has 0 atom stereocenters. The first-order valence-corrected chi connectivity index (χ1v) is 8.58. The van der Waals surface area contributed by atoms with Crippen LogP contribution in [0.3, 0.4) is 0 Å². The maximum atomic E-state index is 12.4. The summed E-state index contributed by atoms with van der Waals surface area (Å²) < 4.78 is 27.4. The second-order valence-corrected chi connectivity index (χ2v) is 7.72. The lowest BCUT2D eigenvalue weighted by molar-refractivity contribution is -0.139. The molecule has 21 heavy (non-hydrogen) atoms. The second-order valence-electron chi connectivity index (χ2n) is 6.03. The van der Waals surface area contributed by atoms with E-state index in [1.165, 1.54) is 0 Å². The van der Waals surface area contributed by atoms with Gasteiger partial charge in [-0.1, -0.05) is 26.0 Å². The Morgan fingerprint density at radius 1 is 1.29 bits per heavy atom. The summed E-state index contributed by atoms with van der Waals surface area (Å²) in [6.45, 7) is 4.08. The zero-order valence-corrected chi connectivity index (χ0v) is 13.1. The Balaban J connectivity index is 2.19. The summed E-state index contributed by atoms with van der Waals surface area (Å²) >= 11 is 0. The number of rotatable bonds is 6. The first-order chi connectivity index (χ1) is 9.74. The van der Waals surface area contributed by atoms with Crippen LogP contribution < -0.4 is 4.72 Å². The van der Waals surface area contributed by atoms with Crippen LogP contribution in [0.1, 0.15) is 51.0 Å². The fourth-order valence-corrected chi connectivity index (χ4v) is 4.04. The number of carbonyl (C=O) groups is 1. The molecule has 2 rings (SSSR count). The molecule has 0 spiro atoms. The van der Waals surface area contributed by atoms with Gasteiger partial charge in [0.2, 0.25) is 10.0 Å². The number of nitrogens with one attached hydrogen (secondary N) is 1. The van der Waals surface area contributed by atoms with E-state index in [0.717, 1.165) is 12.0 Å². The average molecular weight is 311 g/mol. The van der Waals surface area contributed by atoms with Crippen LogP contribution in [0.2, 0.25) is 0 Å². The highest BCUT2D eigenvalue weighted by atomic mass is 32.2. The minimum atomic E-state index is -3.68. The molecular formula is C15H21NO4S. The van der Waals surface area contributed by atoms with Gasteiger partial charge in [-0.05, 0) is 42.9 Å². The van der Waals surface area contributed by atoms with E-state index in [4.69, 9.17) is 5.11 Å². The third-order valence-corrected chi connectivity index (χ3v) is 5.60. The molecule has 0 unspecified atom stereocenters. The number of carboxylic acids is 1. The lowest BCUT2D eigenvalue weighted by atomic mass is 9.75. The number of hydrogen-bond donors (Lipinski definition) is 2. The summed E-state index contributed by atoms with van der Waals surface area (Å²) in [5.41, 5.74) is 0.249. The van der Waals surface area contributed by atoms with Crippen LogP contribution in [0.25, 0.3) is 0 Å². The smallest absolute Gasteiger partial charge is 0.305 e. The van der Waals surface area contributed by atoms with Crippen molar-refractivity contribution in [3.05, 3.63) is 29.8 Å². The number of benzene rings is 1. The summed E-state index contributed by atoms with van der Waals surface area (Å²) in [6, 6.07) is 6.74. The first-order valence-electron chi connectivity index (χ1n) is 7.10. The molecule has 1 aromatic rings. The molecule has 0 bridgehead atoms. The van der Waals surface area contributed by atoms with E-state index >= 15 is 0 Å². The number of aliphatic carboxylic acids is 1. The van der Waals surface area contributed by atoms with Gasteiger partial charge in [-0.25, -0.2) is 13.1 Å². The molecule has 0 saturated heterocycles. The van der Waals surface area contributed by atoms with Crippen molar-refractivity contribution in [3.8, 4) is 0 Å². The van der Waals surface area contributed by atoms with Crippen molar-refractivity contribution in [2.75, 3.05) is 0 Å². The van der Waals surface area contributed by atoms with Gasteiger partial charge in [0.15, 0.2) is 0 Å². The van der Waals surface area contributed by atoms with Gasteiger partial charge in [0.25, 0.3) is 0 Å². The van der Waals surface area contributed by atoms with E-state index in [2.05, 4.69) is 4.72 Å². The highest BCUT2D eigenvalue weighted by Gasteiger charge is 2.42. The lowest BCUT2D eigenvalue weighted by Crippen LogP contribution is -2.54. The SMILES string of the molecule is CC(C)c1ccc(S(=O)(=O)NC2(CC(=O)O)CCC2)cc1. The van der Waals surface area contributed by atoms with Gasteiger partial charge in [-0.15, -0.1) is 0 Å². The number of sulfonamides is 1. The van der Waals surface area contributed by atoms with Crippen LogP contribution in [-0.4, -0.2) is 25.0 Å². The third-order valence-electron chi connectivity index (χ3n) is 4.01. The topological polar surface area (TPSA) is 83.5 Å². The Morgan fingerprint density at radius 2 is 1.86 bits per heavy atom. The van der Waals surface area contributed by atoms with Gasteiger partial charge in [0.05, 0.1) is 11.3 Å². The Labute approximate surface area is 125 Å². The highest BCUT2D eigenvalue weighted by molar-refractivity contribution is 7.89. The summed E-state index contributed by atoms with van der Waals surface area (Å²) in [4.78, 5) is 11.1. The van der Waals surface area contributed by atoms with Crippen LogP contribution in [0.4, 0.5) is 0 Å². The van der Waals surface area contributed by atoms with Crippen molar-refractivity contribution in [2.24, 2.45) is 0 Å². The molecule has 2 N–H and O–H groups in total. The van der Waals surface area contributed by atoms with E-state index in [-0.39, 0.29) is 11.3 Å². The van der Waals surface area contributed by atoms with Gasteiger partial charge in [-0.3, -0.25) is 4.79 Å². The fraction of sp³-hybridized carbons (Fsp3) is 0.533. The molecular weight excluding hydrogens is 290 g/mol. The van der Waals surface area contributed by atoms with Crippen molar-refractivity contribution >= 4 is 16.0 Å². The Kier molecular flexibility index (Phi) is 4.39. The molecule has 116 valence electrons. The molecule has 0 aromatic heterocycles. The molecule has 5 nitrogen and oxygen atoms in total. The lowest BCUT2D eigenvalue weighted by Gasteiger charge is -2.40. The average Bonchev–Trinajstić information content (AvgIpc) is 2.35. The zero-order chi connectivity index (χ0) is 15.7. The van der Waals surface area contributed by atoms with E-state index in [1.54, 1.807) is 24.3 Å². The van der Waals surface area contributed by atoms with Crippen LogP contribution in [0.5, 0.6) is 0 Å². The number of hydrogen-bond acceptors (Lipinski definition) is 3. The molecule has 0 radical (unpaired) electrons. The molecule has 1 fully saturated rings. The second kappa shape index (κ2) is 5.77. The maximum Gasteiger partial charge on any atom is 0.305 e. The predicted octanol–water partition coefficient (Wildman–Crippen LogP) is 2.49. The normalized spacial score (nSPS) is 17.5. The highest BCUT2D eigenvalue weighted by Crippen LogP contribution is 2.36. The van der Waals surface area contributed by atoms with Gasteiger partial charge in [-0.2, -0.15) is 0 Å². The maximum absolute atomic E-state index is 12.4. The van der Waals surface area contributed by atoms with Crippen molar-refractivity contribution in [3.63, 3.8) is 0 Å². The van der Waals surface area contributed by atoms with Crippen molar-refractivity contribution < 1.29 is 18.3 Å². The molecule has 1 aliphatic carbocycles. The van der Waals surface area contributed by atoms with Gasteiger partial charge in [0.1, 0.15) is 0 Å². The van der Waals surface area contributed by atoms with Crippen LogP contribution in [0, 0.1) is 0 Å². The van der Waals surface area contributed by atoms with Crippen LogP contribution in [0.15, 0.2) is 29.2 Å². The monoisotopic (exact) mass is 311 g/mol. The zero-order valence-electron chi connectivity index (χ0n) is 12.3. The quantitative estimate of drug-likeness (QED) is 0.845. The standard InChI is InChI=1S/C15H21NO4S/c1-11(2)12-4-6-13(7-5-12)21(19,20)16-15(8-3-9-15)10-14(17)18/h4-7,11,16H,3,8-10H2,1-2H3,(H,17,18).